The zero-order valence-corrected chi connectivity index (χ0v) is 26.5. The molecule has 0 spiro atoms. The van der Waals surface area contributed by atoms with Crippen LogP contribution in [0.1, 0.15) is 40.8 Å². The number of carbonyl (C=O) groups is 2. The van der Waals surface area contributed by atoms with Crippen LogP contribution in [0.25, 0.3) is 0 Å². The van der Waals surface area contributed by atoms with E-state index in [1.54, 1.807) is 18.9 Å². The van der Waals surface area contributed by atoms with E-state index in [-0.39, 0.29) is 19.1 Å². The Morgan fingerprint density at radius 2 is 1.32 bits per heavy atom. The van der Waals surface area contributed by atoms with Crippen molar-refractivity contribution in [1.82, 2.24) is 5.32 Å². The molecule has 5 aromatic rings. The Morgan fingerprint density at radius 3 is 1.91 bits per heavy atom. The van der Waals surface area contributed by atoms with Crippen molar-refractivity contribution in [1.29, 1.82) is 0 Å². The maximum atomic E-state index is 15.1. The van der Waals surface area contributed by atoms with E-state index < -0.39 is 23.7 Å². The molecule has 0 aliphatic carbocycles. The Morgan fingerprint density at radius 1 is 0.745 bits per heavy atom. The van der Waals surface area contributed by atoms with Crippen molar-refractivity contribution >= 4 is 17.6 Å². The minimum Gasteiger partial charge on any atom is -0.497 e. The van der Waals surface area contributed by atoms with Crippen LogP contribution in [0.15, 0.2) is 140 Å². The van der Waals surface area contributed by atoms with Crippen LogP contribution in [0.3, 0.4) is 0 Å². The Hall–Kier alpha value is -5.24. The molecular weight excluding hydrogens is 588 g/mol. The van der Waals surface area contributed by atoms with Gasteiger partial charge in [-0.25, -0.2) is 0 Å². The van der Waals surface area contributed by atoms with Gasteiger partial charge in [0.1, 0.15) is 11.8 Å². The van der Waals surface area contributed by atoms with Gasteiger partial charge in [-0.05, 0) is 47.4 Å². The number of anilines is 1. The molecule has 1 amide bonds. The zero-order chi connectivity index (χ0) is 32.6. The van der Waals surface area contributed by atoms with Crippen molar-refractivity contribution < 1.29 is 23.8 Å². The fourth-order valence-electron chi connectivity index (χ4n) is 6.21. The third kappa shape index (κ3) is 6.54. The first-order chi connectivity index (χ1) is 23.0. The Balaban J connectivity index is 1.51. The number of hydrogen-bond donors (Lipinski definition) is 1. The van der Waals surface area contributed by atoms with Crippen LogP contribution in [-0.2, 0) is 37.8 Å². The summed E-state index contributed by atoms with van der Waals surface area (Å²) in [6.45, 7) is 2.26. The normalized spacial score (nSPS) is 16.1. The van der Waals surface area contributed by atoms with Gasteiger partial charge >= 0.3 is 5.97 Å². The second-order valence-corrected chi connectivity index (χ2v) is 11.4. The van der Waals surface area contributed by atoms with Gasteiger partial charge in [0.15, 0.2) is 5.60 Å². The Labute approximate surface area is 275 Å². The van der Waals surface area contributed by atoms with Crippen LogP contribution in [-0.4, -0.2) is 31.6 Å². The van der Waals surface area contributed by atoms with E-state index in [9.17, 15) is 4.79 Å². The number of carbonyl (C=O) groups excluding carboxylic acids is 2. The van der Waals surface area contributed by atoms with Crippen molar-refractivity contribution in [3.63, 3.8) is 0 Å². The number of fused-ring (bicyclic) bond motifs is 1. The highest BCUT2D eigenvalue weighted by molar-refractivity contribution is 6.10. The fourth-order valence-corrected chi connectivity index (χ4v) is 6.21. The zero-order valence-electron chi connectivity index (χ0n) is 26.5. The molecule has 1 aliphatic rings. The van der Waals surface area contributed by atoms with Crippen LogP contribution < -0.4 is 15.0 Å². The minimum absolute atomic E-state index is 0.0577. The van der Waals surface area contributed by atoms with Gasteiger partial charge < -0.3 is 19.1 Å². The second-order valence-electron chi connectivity index (χ2n) is 11.4. The van der Waals surface area contributed by atoms with Crippen LogP contribution in [0.2, 0.25) is 0 Å². The van der Waals surface area contributed by atoms with Gasteiger partial charge in [0, 0.05) is 5.56 Å². The number of hydrogen-bond acceptors (Lipinski definition) is 6. The lowest BCUT2D eigenvalue weighted by Crippen LogP contribution is -2.60. The predicted molar refractivity (Wildman–Crippen MR) is 182 cm³/mol. The summed E-state index contributed by atoms with van der Waals surface area (Å²) >= 11 is 0. The molecular formula is C40H38N2O5. The van der Waals surface area contributed by atoms with Crippen LogP contribution in [0.5, 0.6) is 5.75 Å². The summed E-state index contributed by atoms with van der Waals surface area (Å²) in [6, 6.07) is 42.9. The lowest BCUT2D eigenvalue weighted by molar-refractivity contribution is -0.169. The van der Waals surface area contributed by atoms with Gasteiger partial charge in [-0.1, -0.05) is 121 Å². The molecule has 1 N–H and O–H groups in total. The molecule has 0 saturated carbocycles. The molecule has 0 fully saturated rings. The molecule has 7 nitrogen and oxygen atoms in total. The van der Waals surface area contributed by atoms with Gasteiger partial charge in [0.05, 0.1) is 38.6 Å². The molecule has 0 radical (unpaired) electrons. The lowest BCUT2D eigenvalue weighted by atomic mass is 9.85. The summed E-state index contributed by atoms with van der Waals surface area (Å²) in [5, 5.41) is 3.60. The van der Waals surface area contributed by atoms with E-state index in [0.29, 0.717) is 23.5 Å². The number of ether oxygens (including phenoxy) is 3. The topological polar surface area (TPSA) is 77.1 Å². The van der Waals surface area contributed by atoms with E-state index in [0.717, 1.165) is 22.3 Å². The number of nitrogens with one attached hydrogen (secondary N) is 1. The van der Waals surface area contributed by atoms with E-state index in [4.69, 9.17) is 14.2 Å². The average molecular weight is 627 g/mol. The molecule has 5 aromatic carbocycles. The van der Waals surface area contributed by atoms with Gasteiger partial charge in [0.2, 0.25) is 0 Å². The quantitative estimate of drug-likeness (QED) is 0.142. The molecule has 47 heavy (non-hydrogen) atoms. The standard InChI is InChI=1S/C40H38N2O5/c1-3-46-38(43)37(41-36(31-17-9-5-10-18-31)32-19-11-6-12-20-32)40(47-28-30-23-25-33(45-2)26-24-30)34-21-13-14-22-35(34)42(39(40)44)27-29-15-7-4-8-16-29/h4-26,36-37,41H,3,27-28H2,1-2H3/t37-,40+/m1/s1. The predicted octanol–water partition coefficient (Wildman–Crippen LogP) is 6.97. The number of esters is 1. The number of rotatable bonds is 13. The molecule has 7 heteroatoms. The van der Waals surface area contributed by atoms with E-state index >= 15 is 4.79 Å². The smallest absolute Gasteiger partial charge is 0.327 e. The fraction of sp³-hybridized carbons (Fsp3) is 0.200. The summed E-state index contributed by atoms with van der Waals surface area (Å²) in [5.41, 5.74) is 3.15. The first-order valence-electron chi connectivity index (χ1n) is 15.8. The lowest BCUT2D eigenvalue weighted by Gasteiger charge is -2.38. The second kappa shape index (κ2) is 14.5. The molecule has 6 rings (SSSR count). The third-order valence-electron chi connectivity index (χ3n) is 8.49. The molecule has 0 unspecified atom stereocenters. The number of nitrogens with zero attached hydrogens (tertiary/aromatic N) is 1. The number of amides is 1. The van der Waals surface area contributed by atoms with Crippen molar-refractivity contribution in [2.45, 2.75) is 37.8 Å². The molecule has 0 saturated heterocycles. The van der Waals surface area contributed by atoms with Gasteiger partial charge in [-0.3, -0.25) is 14.9 Å². The number of methoxy groups -OCH3 is 1. The number of benzene rings is 5. The van der Waals surface area contributed by atoms with Gasteiger partial charge in [0.25, 0.3) is 5.91 Å². The van der Waals surface area contributed by atoms with Gasteiger partial charge in [-0.2, -0.15) is 0 Å². The van der Waals surface area contributed by atoms with Crippen molar-refractivity contribution in [2.24, 2.45) is 0 Å². The van der Waals surface area contributed by atoms with Crippen molar-refractivity contribution in [3.05, 3.63) is 167 Å². The summed E-state index contributed by atoms with van der Waals surface area (Å²) in [5.74, 6) is -0.218. The SMILES string of the molecule is CCOC(=O)[C@@H](NC(c1ccccc1)c1ccccc1)[C@]1(OCc2ccc(OC)cc2)C(=O)N(Cc2ccccc2)c2ccccc21. The summed E-state index contributed by atoms with van der Waals surface area (Å²) < 4.78 is 18.0. The molecule has 238 valence electrons. The van der Waals surface area contributed by atoms with Crippen LogP contribution >= 0.6 is 0 Å². The molecule has 2 atom stereocenters. The monoisotopic (exact) mass is 626 g/mol. The molecule has 1 aliphatic heterocycles. The largest absolute Gasteiger partial charge is 0.497 e. The summed E-state index contributed by atoms with van der Waals surface area (Å²) in [4.78, 5) is 31.2. The first-order valence-corrected chi connectivity index (χ1v) is 15.8. The summed E-state index contributed by atoms with van der Waals surface area (Å²) in [7, 11) is 1.61. The van der Waals surface area contributed by atoms with Gasteiger partial charge in [-0.15, -0.1) is 0 Å². The maximum Gasteiger partial charge on any atom is 0.327 e. The summed E-state index contributed by atoms with van der Waals surface area (Å²) in [6.07, 6.45) is 0. The Bertz CT molecular complexity index is 1740. The van der Waals surface area contributed by atoms with E-state index in [1.165, 1.54) is 0 Å². The highest BCUT2D eigenvalue weighted by Crippen LogP contribution is 2.47. The highest BCUT2D eigenvalue weighted by atomic mass is 16.5. The van der Waals surface area contributed by atoms with Crippen LogP contribution in [0.4, 0.5) is 5.69 Å². The third-order valence-corrected chi connectivity index (χ3v) is 8.49. The Kier molecular flexibility index (Phi) is 9.76. The van der Waals surface area contributed by atoms with Crippen molar-refractivity contribution in [3.8, 4) is 5.75 Å². The average Bonchev–Trinajstić information content (AvgIpc) is 3.36. The van der Waals surface area contributed by atoms with Crippen LogP contribution in [0, 0.1) is 0 Å². The number of para-hydroxylation sites is 1. The van der Waals surface area contributed by atoms with Crippen molar-refractivity contribution in [2.75, 3.05) is 18.6 Å². The molecule has 0 aromatic heterocycles. The minimum atomic E-state index is -1.76. The molecule has 0 bridgehead atoms. The van der Waals surface area contributed by atoms with E-state index in [1.807, 2.05) is 140 Å². The first kappa shape index (κ1) is 31.7. The highest BCUT2D eigenvalue weighted by Gasteiger charge is 2.60. The maximum absolute atomic E-state index is 15.1. The van der Waals surface area contributed by atoms with E-state index in [2.05, 4.69) is 5.32 Å². The molecule has 1 heterocycles.